The molecular formula is C77H92Cl3F7N8O8. The number of likely N-dealkylation sites (tertiary alicyclic amines) is 2. The Morgan fingerprint density at radius 3 is 1.94 bits per heavy atom. The highest BCUT2D eigenvalue weighted by Crippen LogP contribution is 2.49. The number of halogens is 10. The van der Waals surface area contributed by atoms with Gasteiger partial charge in [0.1, 0.15) is 24.8 Å². The molecule has 0 bridgehead atoms. The summed E-state index contributed by atoms with van der Waals surface area (Å²) in [4.78, 5) is 81.9. The van der Waals surface area contributed by atoms with E-state index in [0.29, 0.717) is 113 Å². The molecule has 0 unspecified atom stereocenters. The molecule has 558 valence electrons. The van der Waals surface area contributed by atoms with Gasteiger partial charge in [-0.3, -0.25) is 29.0 Å². The van der Waals surface area contributed by atoms with E-state index in [0.717, 1.165) is 86.5 Å². The summed E-state index contributed by atoms with van der Waals surface area (Å²) < 4.78 is 110. The number of carboxylic acid groups (broad SMARTS) is 1. The van der Waals surface area contributed by atoms with Crippen LogP contribution in [0.25, 0.3) is 11.1 Å². The van der Waals surface area contributed by atoms with Gasteiger partial charge in [0.25, 0.3) is 11.8 Å². The number of hydrogen-bond donors (Lipinski definition) is 1. The van der Waals surface area contributed by atoms with Crippen molar-refractivity contribution in [3.05, 3.63) is 195 Å². The highest BCUT2D eigenvalue weighted by molar-refractivity contribution is 5.96. The Hall–Kier alpha value is -7.35. The van der Waals surface area contributed by atoms with Crippen molar-refractivity contribution in [2.24, 2.45) is 0 Å². The Balaban J connectivity index is 0.00000448. The minimum Gasteiger partial charge on any atom is -0.465 e. The first kappa shape index (κ1) is 81.3. The zero-order valence-electron chi connectivity index (χ0n) is 58.3. The number of hydrogen-bond acceptors (Lipinski definition) is 10. The van der Waals surface area contributed by atoms with Crippen molar-refractivity contribution in [2.75, 3.05) is 118 Å². The van der Waals surface area contributed by atoms with Gasteiger partial charge in [-0.2, -0.15) is 26.3 Å². The number of fused-ring (bicyclic) bond motifs is 3. The van der Waals surface area contributed by atoms with E-state index in [1.54, 1.807) is 23.9 Å². The van der Waals surface area contributed by atoms with Crippen molar-refractivity contribution in [3.63, 3.8) is 0 Å². The minimum atomic E-state index is -5.15. The van der Waals surface area contributed by atoms with Gasteiger partial charge in [0, 0.05) is 115 Å². The molecule has 0 radical (unpaired) electrons. The van der Waals surface area contributed by atoms with Gasteiger partial charge < -0.3 is 44.0 Å². The third-order valence-electron chi connectivity index (χ3n) is 21.2. The number of nitrogens with zero attached hydrogens (tertiary/aromatic N) is 8. The molecule has 4 aliphatic heterocycles. The second-order valence-electron chi connectivity index (χ2n) is 27.6. The van der Waals surface area contributed by atoms with E-state index in [4.69, 9.17) is 9.47 Å². The number of benzene rings is 6. The van der Waals surface area contributed by atoms with E-state index in [9.17, 15) is 59.8 Å². The highest BCUT2D eigenvalue weighted by Gasteiger charge is 2.50. The fourth-order valence-corrected chi connectivity index (χ4v) is 15.3. The van der Waals surface area contributed by atoms with Gasteiger partial charge in [0.05, 0.1) is 29.5 Å². The standard InChI is InChI=1S/C77H89F7N8O8.3ClH/c1-85(70(94)51-99-68-48-56-17-9-11-19-66(56)74(68)31-40-89(41-32-74)42-33-75(60-24-26-63(78)27-25-60)52-91(53-100-75)72(96)59-46-61(76(79,80)81)49-62(47-59)77(82,83)84)34-14-35-87(3)71(95)57-22-23-58-50-90(37-28-55(58)45-57)36-13-5-8-21-69(93)86(2)43-44-88-38-29-64(30-39-88)92(73(97)98)67-20-12-10-18-65(67)54-15-6-4-7-16-54;;;/h4,6-7,9-12,15-20,22-27,45-47,49,64,68H,5,8,13-14,21,28-44,48,50-53H2,1-3H3,(H,97,98);3*1H/t68-,75-;;;/m0.../s1. The lowest BCUT2D eigenvalue weighted by atomic mass is 9.72. The quantitative estimate of drug-likeness (QED) is 0.0431. The second-order valence-corrected chi connectivity index (χ2v) is 27.6. The molecule has 1 spiro atoms. The average molecular weight is 1500 g/mol. The van der Waals surface area contributed by atoms with Crippen LogP contribution >= 0.6 is 37.2 Å². The fourth-order valence-electron chi connectivity index (χ4n) is 15.3. The fraction of sp³-hybridized carbons (Fsp3) is 0.468. The van der Waals surface area contributed by atoms with Crippen molar-refractivity contribution in [3.8, 4) is 11.1 Å². The first-order valence-corrected chi connectivity index (χ1v) is 34.8. The number of para-hydroxylation sites is 1. The Labute approximate surface area is 616 Å². The first-order chi connectivity index (χ1) is 47.9. The van der Waals surface area contributed by atoms with Gasteiger partial charge in [-0.05, 0) is 166 Å². The van der Waals surface area contributed by atoms with Crippen molar-refractivity contribution in [1.29, 1.82) is 0 Å². The minimum absolute atomic E-state index is 0. The molecule has 11 rings (SSSR count). The molecule has 0 aromatic heterocycles. The van der Waals surface area contributed by atoms with E-state index in [1.165, 1.54) is 45.9 Å². The molecule has 3 fully saturated rings. The summed E-state index contributed by atoms with van der Waals surface area (Å²) in [5.41, 5.74) is 2.70. The predicted octanol–water partition coefficient (Wildman–Crippen LogP) is 14.1. The predicted molar refractivity (Wildman–Crippen MR) is 388 cm³/mol. The summed E-state index contributed by atoms with van der Waals surface area (Å²) in [6.07, 6.45) is -3.29. The maximum Gasteiger partial charge on any atom is 0.416 e. The second kappa shape index (κ2) is 35.6. The highest BCUT2D eigenvalue weighted by atomic mass is 35.5. The van der Waals surface area contributed by atoms with Crippen LogP contribution in [0.4, 0.5) is 41.2 Å². The van der Waals surface area contributed by atoms with Crippen molar-refractivity contribution >= 4 is 72.6 Å². The van der Waals surface area contributed by atoms with Gasteiger partial charge in [-0.25, -0.2) is 9.18 Å². The number of amides is 5. The topological polar surface area (TPSA) is 150 Å². The lowest BCUT2D eigenvalue weighted by molar-refractivity contribution is -0.143. The molecule has 16 nitrogen and oxygen atoms in total. The molecule has 1 aliphatic carbocycles. The van der Waals surface area contributed by atoms with Crippen LogP contribution in [-0.4, -0.2) is 194 Å². The average Bonchev–Trinajstić information content (AvgIpc) is 1.61. The van der Waals surface area contributed by atoms with E-state index >= 15 is 0 Å². The molecule has 6 aromatic carbocycles. The number of alkyl halides is 6. The maximum atomic E-state index is 14.3. The van der Waals surface area contributed by atoms with Crippen LogP contribution in [0.15, 0.2) is 140 Å². The molecule has 0 saturated carbocycles. The summed E-state index contributed by atoms with van der Waals surface area (Å²) in [7, 11) is 5.37. The van der Waals surface area contributed by atoms with Crippen molar-refractivity contribution in [1.82, 2.24) is 34.3 Å². The number of ether oxygens (including phenoxy) is 2. The van der Waals surface area contributed by atoms with Crippen LogP contribution in [0.2, 0.25) is 0 Å². The van der Waals surface area contributed by atoms with Crippen LogP contribution < -0.4 is 4.90 Å². The number of unbranched alkanes of at least 4 members (excludes halogenated alkanes) is 2. The number of likely N-dealkylation sites (N-methyl/N-ethyl adjacent to an activating group) is 2. The summed E-state index contributed by atoms with van der Waals surface area (Å²) in [6, 6.07) is 37.8. The summed E-state index contributed by atoms with van der Waals surface area (Å²) in [5.74, 6) is -1.74. The summed E-state index contributed by atoms with van der Waals surface area (Å²) >= 11 is 0. The first-order valence-electron chi connectivity index (χ1n) is 34.8. The molecule has 6 aromatic rings. The van der Waals surface area contributed by atoms with E-state index in [1.807, 2.05) is 90.8 Å². The zero-order chi connectivity index (χ0) is 70.9. The lowest BCUT2D eigenvalue weighted by Crippen LogP contribution is -2.50. The zero-order valence-corrected chi connectivity index (χ0v) is 60.7. The van der Waals surface area contributed by atoms with Gasteiger partial charge in [0.15, 0.2) is 0 Å². The summed E-state index contributed by atoms with van der Waals surface area (Å²) in [5, 5.41) is 10.4. The normalized spacial score (nSPS) is 18.4. The van der Waals surface area contributed by atoms with Crippen LogP contribution in [0.1, 0.15) is 124 Å². The Morgan fingerprint density at radius 1 is 0.612 bits per heavy atom. The van der Waals surface area contributed by atoms with Crippen molar-refractivity contribution < 1.29 is 69.3 Å². The molecule has 5 amide bonds. The van der Waals surface area contributed by atoms with E-state index in [-0.39, 0.29) is 92.7 Å². The van der Waals surface area contributed by atoms with Gasteiger partial charge in [0.2, 0.25) is 11.8 Å². The molecule has 103 heavy (non-hydrogen) atoms. The van der Waals surface area contributed by atoms with E-state index < -0.39 is 64.6 Å². The Kier molecular flexibility index (Phi) is 28.1. The molecule has 26 heteroatoms. The molecular weight excluding hydrogens is 1400 g/mol. The van der Waals surface area contributed by atoms with Gasteiger partial charge in [-0.1, -0.05) is 97.4 Å². The number of carbonyl (C=O) groups excluding carboxylic acids is 4. The third kappa shape index (κ3) is 19.6. The van der Waals surface area contributed by atoms with E-state index in [2.05, 4.69) is 32.9 Å². The lowest BCUT2D eigenvalue weighted by Gasteiger charge is -2.44. The van der Waals surface area contributed by atoms with Gasteiger partial charge >= 0.3 is 18.4 Å². The van der Waals surface area contributed by atoms with Crippen molar-refractivity contribution in [2.45, 2.75) is 119 Å². The molecule has 4 heterocycles. The number of carbonyl (C=O) groups is 5. The SMILES string of the molecule is CN(CCN1CCC(N(C(=O)O)c2ccccc2-c2ccccc2)CC1)C(=O)CCCCCN1CCc2cc(C(=O)N(C)CCCN(C)C(=O)CO[C@H]3Cc4ccccc4C34CCN(CC[C@@]3(c5ccc(F)cc5)CN(C(=O)c5cc(C(F)(F)F)cc(C(F)(F)F)c5)CO3)CC4)ccc2C1.Cl.Cl.Cl. The smallest absolute Gasteiger partial charge is 0.416 e. The molecule has 1 N–H and O–H groups in total. The number of rotatable bonds is 25. The Bertz CT molecular complexity index is 3830. The van der Waals surface area contributed by atoms with Crippen LogP contribution in [0, 0.1) is 5.82 Å². The molecule has 5 aliphatic rings. The monoisotopic (exact) mass is 1490 g/mol. The van der Waals surface area contributed by atoms with Crippen LogP contribution in [0.3, 0.4) is 0 Å². The third-order valence-corrected chi connectivity index (χ3v) is 21.2. The number of anilines is 1. The molecule has 2 atom stereocenters. The maximum absolute atomic E-state index is 14.3. The molecule has 3 saturated heterocycles. The Morgan fingerprint density at radius 2 is 1.25 bits per heavy atom. The van der Waals surface area contributed by atoms with Gasteiger partial charge in [-0.15, -0.1) is 37.2 Å². The van der Waals surface area contributed by atoms with Crippen LogP contribution in [0.5, 0.6) is 0 Å². The number of piperidine rings is 2. The van der Waals surface area contributed by atoms with Crippen LogP contribution in [-0.2, 0) is 61.8 Å². The summed E-state index contributed by atoms with van der Waals surface area (Å²) in [6.45, 7) is 7.17. The largest absolute Gasteiger partial charge is 0.465 e.